The van der Waals surface area contributed by atoms with Crippen LogP contribution >= 0.6 is 0 Å². The summed E-state index contributed by atoms with van der Waals surface area (Å²) < 4.78 is 16.0. The molecule has 2 unspecified atom stereocenters. The van der Waals surface area contributed by atoms with E-state index in [4.69, 9.17) is 19.0 Å². The molecule has 0 spiro atoms. The van der Waals surface area contributed by atoms with Gasteiger partial charge < -0.3 is 19.0 Å². The van der Waals surface area contributed by atoms with E-state index in [9.17, 15) is 4.79 Å². The highest BCUT2D eigenvalue weighted by Crippen LogP contribution is 2.23. The average molecular weight is 226 g/mol. The third-order valence-corrected chi connectivity index (χ3v) is 2.52. The molecule has 5 heteroatoms. The summed E-state index contributed by atoms with van der Waals surface area (Å²) >= 11 is 0. The molecular weight excluding hydrogens is 212 g/mol. The molecule has 2 rings (SSSR count). The number of hydrogen-bond donors (Lipinski definition) is 1. The molecule has 2 heterocycles. The van der Waals surface area contributed by atoms with Gasteiger partial charge in [-0.1, -0.05) is 0 Å². The van der Waals surface area contributed by atoms with Crippen LogP contribution in [0, 0.1) is 0 Å². The lowest BCUT2D eigenvalue weighted by Gasteiger charge is -2.15. The SMILES string of the molecule is CC(OC1CCOC1)c1ccc(C(=O)O)o1. The first-order valence-corrected chi connectivity index (χ1v) is 5.23. The first-order chi connectivity index (χ1) is 7.66. The van der Waals surface area contributed by atoms with Gasteiger partial charge in [-0.15, -0.1) is 0 Å². The average Bonchev–Trinajstić information content (AvgIpc) is 2.86. The van der Waals surface area contributed by atoms with Crippen LogP contribution in [0.25, 0.3) is 0 Å². The highest BCUT2D eigenvalue weighted by Gasteiger charge is 2.22. The van der Waals surface area contributed by atoms with Crippen molar-refractivity contribution in [1.29, 1.82) is 0 Å². The van der Waals surface area contributed by atoms with Gasteiger partial charge in [0, 0.05) is 6.61 Å². The number of rotatable bonds is 4. The number of ether oxygens (including phenoxy) is 2. The Labute approximate surface area is 93.0 Å². The molecule has 0 bridgehead atoms. The molecule has 1 N–H and O–H groups in total. The van der Waals surface area contributed by atoms with Gasteiger partial charge in [-0.2, -0.15) is 0 Å². The van der Waals surface area contributed by atoms with E-state index in [1.165, 1.54) is 6.07 Å². The summed E-state index contributed by atoms with van der Waals surface area (Å²) in [6.07, 6.45) is 0.699. The number of carboxylic acids is 1. The number of aromatic carboxylic acids is 1. The van der Waals surface area contributed by atoms with Crippen LogP contribution in [0.2, 0.25) is 0 Å². The van der Waals surface area contributed by atoms with Gasteiger partial charge in [0.1, 0.15) is 11.9 Å². The maximum atomic E-state index is 10.6. The molecule has 88 valence electrons. The van der Waals surface area contributed by atoms with E-state index in [1.807, 2.05) is 6.92 Å². The van der Waals surface area contributed by atoms with Gasteiger partial charge >= 0.3 is 5.97 Å². The molecular formula is C11H14O5. The summed E-state index contributed by atoms with van der Waals surface area (Å²) in [4.78, 5) is 10.6. The van der Waals surface area contributed by atoms with Crippen molar-refractivity contribution in [3.8, 4) is 0 Å². The second-order valence-corrected chi connectivity index (χ2v) is 3.77. The van der Waals surface area contributed by atoms with Gasteiger partial charge in [-0.05, 0) is 25.5 Å². The summed E-state index contributed by atoms with van der Waals surface area (Å²) in [5, 5.41) is 8.71. The van der Waals surface area contributed by atoms with E-state index in [0.717, 1.165) is 13.0 Å². The van der Waals surface area contributed by atoms with Gasteiger partial charge in [0.15, 0.2) is 0 Å². The second-order valence-electron chi connectivity index (χ2n) is 3.77. The summed E-state index contributed by atoms with van der Waals surface area (Å²) in [5.41, 5.74) is 0. The highest BCUT2D eigenvalue weighted by molar-refractivity contribution is 5.84. The van der Waals surface area contributed by atoms with Gasteiger partial charge in [0.2, 0.25) is 5.76 Å². The lowest BCUT2D eigenvalue weighted by molar-refractivity contribution is -0.0178. The van der Waals surface area contributed by atoms with Crippen LogP contribution in [-0.2, 0) is 9.47 Å². The maximum absolute atomic E-state index is 10.6. The van der Waals surface area contributed by atoms with Gasteiger partial charge in [-0.3, -0.25) is 0 Å². The van der Waals surface area contributed by atoms with Crippen molar-refractivity contribution in [1.82, 2.24) is 0 Å². The largest absolute Gasteiger partial charge is 0.475 e. The predicted molar refractivity (Wildman–Crippen MR) is 54.4 cm³/mol. The zero-order valence-electron chi connectivity index (χ0n) is 9.01. The Morgan fingerprint density at radius 3 is 3.00 bits per heavy atom. The minimum Gasteiger partial charge on any atom is -0.475 e. The molecule has 0 saturated carbocycles. The lowest BCUT2D eigenvalue weighted by Crippen LogP contribution is -2.14. The second kappa shape index (κ2) is 4.67. The number of carbonyl (C=O) groups is 1. The van der Waals surface area contributed by atoms with Crippen molar-refractivity contribution in [3.05, 3.63) is 23.7 Å². The van der Waals surface area contributed by atoms with Crippen molar-refractivity contribution < 1.29 is 23.8 Å². The Morgan fingerprint density at radius 1 is 1.62 bits per heavy atom. The third-order valence-electron chi connectivity index (χ3n) is 2.52. The Balaban J connectivity index is 1.96. The first-order valence-electron chi connectivity index (χ1n) is 5.23. The number of hydrogen-bond acceptors (Lipinski definition) is 4. The van der Waals surface area contributed by atoms with Crippen molar-refractivity contribution in [2.24, 2.45) is 0 Å². The molecule has 1 aliphatic heterocycles. The standard InChI is InChI=1S/C11H14O5/c1-7(15-8-4-5-14-6-8)9-2-3-10(16-9)11(12)13/h2-3,7-8H,4-6H2,1H3,(H,12,13). The van der Waals surface area contributed by atoms with E-state index in [0.29, 0.717) is 12.4 Å². The Hall–Kier alpha value is -1.33. The maximum Gasteiger partial charge on any atom is 0.371 e. The topological polar surface area (TPSA) is 68.9 Å². The zero-order chi connectivity index (χ0) is 11.5. The molecule has 1 aromatic heterocycles. The van der Waals surface area contributed by atoms with Crippen LogP contribution in [0.15, 0.2) is 16.5 Å². The molecule has 0 aliphatic carbocycles. The third kappa shape index (κ3) is 2.43. The molecule has 1 aliphatic rings. The van der Waals surface area contributed by atoms with Crippen LogP contribution in [0.5, 0.6) is 0 Å². The van der Waals surface area contributed by atoms with Gasteiger partial charge in [-0.25, -0.2) is 4.79 Å². The van der Waals surface area contributed by atoms with Crippen LogP contribution in [0.1, 0.15) is 35.8 Å². The van der Waals surface area contributed by atoms with Crippen molar-refractivity contribution >= 4 is 5.97 Å². The summed E-state index contributed by atoms with van der Waals surface area (Å²) in [6, 6.07) is 3.06. The molecule has 0 amide bonds. The monoisotopic (exact) mass is 226 g/mol. The minimum atomic E-state index is -1.07. The van der Waals surface area contributed by atoms with Crippen molar-refractivity contribution in [2.45, 2.75) is 25.6 Å². The predicted octanol–water partition coefficient (Wildman–Crippen LogP) is 1.84. The molecule has 16 heavy (non-hydrogen) atoms. The van der Waals surface area contributed by atoms with E-state index >= 15 is 0 Å². The highest BCUT2D eigenvalue weighted by atomic mass is 16.6. The van der Waals surface area contributed by atoms with Crippen molar-refractivity contribution in [3.63, 3.8) is 0 Å². The van der Waals surface area contributed by atoms with Crippen LogP contribution in [0.3, 0.4) is 0 Å². The van der Waals surface area contributed by atoms with Gasteiger partial charge in [0.05, 0.1) is 12.7 Å². The fraction of sp³-hybridized carbons (Fsp3) is 0.545. The normalized spacial score (nSPS) is 22.2. The van der Waals surface area contributed by atoms with E-state index in [1.54, 1.807) is 6.07 Å². The van der Waals surface area contributed by atoms with E-state index in [2.05, 4.69) is 0 Å². The van der Waals surface area contributed by atoms with Crippen molar-refractivity contribution in [2.75, 3.05) is 13.2 Å². The quantitative estimate of drug-likeness (QED) is 0.848. The molecule has 0 aromatic carbocycles. The molecule has 1 fully saturated rings. The summed E-state index contributed by atoms with van der Waals surface area (Å²) in [7, 11) is 0. The molecule has 0 radical (unpaired) electrons. The van der Waals surface area contributed by atoms with Crippen LogP contribution < -0.4 is 0 Å². The van der Waals surface area contributed by atoms with E-state index in [-0.39, 0.29) is 18.0 Å². The zero-order valence-corrected chi connectivity index (χ0v) is 9.01. The van der Waals surface area contributed by atoms with Gasteiger partial charge in [0.25, 0.3) is 0 Å². The summed E-state index contributed by atoms with van der Waals surface area (Å²) in [6.45, 7) is 3.15. The fourth-order valence-corrected chi connectivity index (χ4v) is 1.66. The molecule has 1 aromatic rings. The Bertz CT molecular complexity index is 364. The number of furan rings is 1. The van der Waals surface area contributed by atoms with Crippen LogP contribution in [0.4, 0.5) is 0 Å². The van der Waals surface area contributed by atoms with E-state index < -0.39 is 5.97 Å². The minimum absolute atomic E-state index is 0.0619. The molecule has 5 nitrogen and oxygen atoms in total. The molecule has 2 atom stereocenters. The number of carboxylic acid groups (broad SMARTS) is 1. The first kappa shape index (κ1) is 11.2. The smallest absolute Gasteiger partial charge is 0.371 e. The molecule has 1 saturated heterocycles. The van der Waals surface area contributed by atoms with Crippen LogP contribution in [-0.4, -0.2) is 30.4 Å². The lowest BCUT2D eigenvalue weighted by atomic mass is 10.2. The Morgan fingerprint density at radius 2 is 2.44 bits per heavy atom. The Kier molecular flexibility index (Phi) is 3.26. The fourth-order valence-electron chi connectivity index (χ4n) is 1.66. The summed E-state index contributed by atoms with van der Waals surface area (Å²) in [5.74, 6) is -0.597.